The monoisotopic (exact) mass is 860 g/mol. The summed E-state index contributed by atoms with van der Waals surface area (Å²) in [6.07, 6.45) is 0. The Hall–Kier alpha value is -3.70. The van der Waals surface area contributed by atoms with Gasteiger partial charge in [0.25, 0.3) is 0 Å². The molecule has 0 saturated carbocycles. The van der Waals surface area contributed by atoms with Crippen LogP contribution in [0.3, 0.4) is 0 Å². The Morgan fingerprint density at radius 3 is 0.983 bits per heavy atom. The van der Waals surface area contributed by atoms with E-state index >= 15 is 0 Å². The predicted molar refractivity (Wildman–Crippen MR) is 215 cm³/mol. The van der Waals surface area contributed by atoms with Crippen LogP contribution in [0.25, 0.3) is 0 Å². The number of methoxy groups -OCH3 is 3. The van der Waals surface area contributed by atoms with Gasteiger partial charge in [0.15, 0.2) is 23.0 Å². The first-order valence-corrected chi connectivity index (χ1v) is 19.8. The molecule has 2 aromatic rings. The van der Waals surface area contributed by atoms with Crippen LogP contribution < -0.4 is 23.7 Å². The number of hydrogen-bond acceptors (Lipinski definition) is 19. The van der Waals surface area contributed by atoms with Crippen LogP contribution in [0.5, 0.6) is 28.7 Å². The summed E-state index contributed by atoms with van der Waals surface area (Å²) in [5.41, 5.74) is 0.130. The fourth-order valence-electron chi connectivity index (χ4n) is 4.88. The van der Waals surface area contributed by atoms with Crippen molar-refractivity contribution in [2.24, 2.45) is 0 Å². The number of Topliss-reactive ketones (excluding diaryl/α,β-unsaturated/α-hetero) is 2. The summed E-state index contributed by atoms with van der Waals surface area (Å²) in [6, 6.07) is 7.31. The highest BCUT2D eigenvalue weighted by Gasteiger charge is 2.24. The summed E-state index contributed by atoms with van der Waals surface area (Å²) in [5.74, 6) is -0.300. The normalized spacial score (nSPS) is 11.2. The molecule has 0 aliphatic carbocycles. The van der Waals surface area contributed by atoms with Crippen molar-refractivity contribution in [2.45, 2.75) is 0 Å². The van der Waals surface area contributed by atoms with E-state index in [0.29, 0.717) is 130 Å². The van der Waals surface area contributed by atoms with Gasteiger partial charge >= 0.3 is 0 Å². The van der Waals surface area contributed by atoms with Gasteiger partial charge in [-0.3, -0.25) is 9.59 Å². The van der Waals surface area contributed by atoms with Crippen molar-refractivity contribution in [3.05, 3.63) is 41.5 Å². The van der Waals surface area contributed by atoms with Gasteiger partial charge in [-0.05, 0) is 30.3 Å². The van der Waals surface area contributed by atoms with E-state index in [0.717, 1.165) is 0 Å². The Balaban J connectivity index is 1.83. The summed E-state index contributed by atoms with van der Waals surface area (Å²) in [4.78, 5) is 26.9. The molecule has 0 unspecified atom stereocenters. The average molecular weight is 861 g/mol. The molecule has 0 amide bonds. The minimum absolute atomic E-state index is 0.0141. The predicted octanol–water partition coefficient (Wildman–Crippen LogP) is 1.69. The fraction of sp³-hybridized carbons (Fsp3) is 0.659. The molecule has 2 aromatic carbocycles. The van der Waals surface area contributed by atoms with Gasteiger partial charge in [-0.1, -0.05) is 0 Å². The van der Waals surface area contributed by atoms with Gasteiger partial charge < -0.3 is 81.3 Å². The zero-order chi connectivity index (χ0) is 43.3. The first-order valence-electron chi connectivity index (χ1n) is 19.8. The zero-order valence-electron chi connectivity index (χ0n) is 35.2. The van der Waals surface area contributed by atoms with E-state index in [4.69, 9.17) is 81.3 Å². The number of aliphatic hydroxyl groups is 2. The van der Waals surface area contributed by atoms with E-state index in [9.17, 15) is 9.59 Å². The highest BCUT2D eigenvalue weighted by Crippen LogP contribution is 2.39. The minimum atomic E-state index is -0.804. The van der Waals surface area contributed by atoms with Crippen molar-refractivity contribution in [1.29, 1.82) is 0 Å². The number of aliphatic hydroxyl groups excluding tert-OH is 2. The van der Waals surface area contributed by atoms with Gasteiger partial charge in [-0.15, -0.1) is 0 Å². The quantitative estimate of drug-likeness (QED) is 0.0552. The number of rotatable bonds is 42. The van der Waals surface area contributed by atoms with E-state index in [1.54, 1.807) is 6.07 Å². The average Bonchev–Trinajstić information content (AvgIpc) is 3.27. The van der Waals surface area contributed by atoms with Crippen molar-refractivity contribution in [1.82, 2.24) is 0 Å². The number of carbonyl (C=O) groups is 2. The topological polar surface area (TPSA) is 213 Å². The molecule has 0 spiro atoms. The van der Waals surface area contributed by atoms with E-state index in [2.05, 4.69) is 0 Å². The molecule has 0 saturated heterocycles. The third-order valence-electron chi connectivity index (χ3n) is 7.76. The first-order chi connectivity index (χ1) is 29.5. The van der Waals surface area contributed by atoms with E-state index in [1.165, 1.54) is 45.6 Å². The van der Waals surface area contributed by atoms with Crippen LogP contribution in [0.2, 0.25) is 0 Å². The molecule has 19 heteroatoms. The molecule has 0 aliphatic heterocycles. The molecule has 0 radical (unpaired) electrons. The zero-order valence-corrected chi connectivity index (χ0v) is 35.2. The molecule has 2 rings (SSSR count). The Morgan fingerprint density at radius 1 is 0.367 bits per heavy atom. The van der Waals surface area contributed by atoms with Gasteiger partial charge in [-0.2, -0.15) is 0 Å². The molecule has 19 nitrogen and oxygen atoms in total. The van der Waals surface area contributed by atoms with Crippen molar-refractivity contribution in [3.63, 3.8) is 0 Å². The molecular formula is C41H64O19. The lowest BCUT2D eigenvalue weighted by atomic mass is 10.0. The maximum Gasteiger partial charge on any atom is 0.233 e. The van der Waals surface area contributed by atoms with Gasteiger partial charge in [0.05, 0.1) is 167 Å². The summed E-state index contributed by atoms with van der Waals surface area (Å²) in [7, 11) is 4.35. The minimum Gasteiger partial charge on any atom is -0.493 e. The molecule has 0 bridgehead atoms. The third-order valence-corrected chi connectivity index (χ3v) is 7.76. The lowest BCUT2D eigenvalue weighted by molar-refractivity contribution is -0.0148. The van der Waals surface area contributed by atoms with Crippen molar-refractivity contribution in [2.75, 3.05) is 180 Å². The van der Waals surface area contributed by atoms with Crippen molar-refractivity contribution in [3.8, 4) is 28.7 Å². The van der Waals surface area contributed by atoms with Crippen molar-refractivity contribution >= 4 is 11.6 Å². The second-order valence-corrected chi connectivity index (χ2v) is 12.0. The van der Waals surface area contributed by atoms with Crippen LogP contribution in [0.1, 0.15) is 20.7 Å². The summed E-state index contributed by atoms with van der Waals surface area (Å²) >= 11 is 0. The maximum absolute atomic E-state index is 13.6. The number of carbonyl (C=O) groups excluding carboxylic acids is 2. The summed E-state index contributed by atoms with van der Waals surface area (Å²) in [5, 5.41) is 17.3. The number of hydrogen-bond donors (Lipinski definition) is 2. The first kappa shape index (κ1) is 52.4. The van der Waals surface area contributed by atoms with Crippen LogP contribution in [0.15, 0.2) is 30.3 Å². The van der Waals surface area contributed by atoms with Gasteiger partial charge in [-0.25, -0.2) is 0 Å². The highest BCUT2D eigenvalue weighted by atomic mass is 16.6. The fourth-order valence-corrected chi connectivity index (χ4v) is 4.88. The maximum atomic E-state index is 13.6. The molecule has 342 valence electrons. The Kier molecular flexibility index (Phi) is 31.5. The van der Waals surface area contributed by atoms with Crippen LogP contribution in [0, 0.1) is 0 Å². The Morgan fingerprint density at radius 2 is 0.667 bits per heavy atom. The Bertz CT molecular complexity index is 1330. The highest BCUT2D eigenvalue weighted by molar-refractivity contribution is 6.49. The van der Waals surface area contributed by atoms with Crippen LogP contribution >= 0.6 is 0 Å². The van der Waals surface area contributed by atoms with Gasteiger partial charge in [0.2, 0.25) is 17.3 Å². The molecule has 0 aliphatic rings. The smallest absolute Gasteiger partial charge is 0.233 e. The van der Waals surface area contributed by atoms with Crippen LogP contribution in [-0.4, -0.2) is 202 Å². The van der Waals surface area contributed by atoms with Crippen molar-refractivity contribution < 1.29 is 90.9 Å². The molecule has 0 atom stereocenters. The molecule has 60 heavy (non-hydrogen) atoms. The lowest BCUT2D eigenvalue weighted by Gasteiger charge is -2.17. The second kappa shape index (κ2) is 36.0. The number of benzene rings is 2. The number of ether oxygens (including phenoxy) is 15. The van der Waals surface area contributed by atoms with E-state index < -0.39 is 11.6 Å². The molecule has 0 aromatic heterocycles. The Labute approximate surface area is 352 Å². The summed E-state index contributed by atoms with van der Waals surface area (Å²) < 4.78 is 82.3. The number of ketones is 2. The largest absolute Gasteiger partial charge is 0.493 e. The standard InChI is InChI=1S/C41H64O19/c1-46-35-5-4-33(30-36(35)47-2)39(44)40(45)34-31-37(59-28-26-57-24-22-55-20-18-53-16-14-51-12-10-49-8-6-42)41(48-3)38(32-34)60-29-27-58-25-23-56-21-19-54-17-15-52-13-11-50-9-7-43/h4-5,30-32,42-43H,6-29H2,1-3H3. The SMILES string of the molecule is COc1ccc(C(=O)C(=O)c2cc(OCCOCCOCCOCCOCCOCCO)c(OC)c(OCCOCCOCCOCCOCCOCCO)c2)cc1OC. The molecular weight excluding hydrogens is 796 g/mol. The van der Waals surface area contributed by atoms with E-state index in [1.807, 2.05) is 0 Å². The summed E-state index contributed by atoms with van der Waals surface area (Å²) in [6.45, 7) is 7.44. The molecule has 0 fully saturated rings. The van der Waals surface area contributed by atoms with Crippen LogP contribution in [0.4, 0.5) is 0 Å². The second-order valence-electron chi connectivity index (χ2n) is 12.0. The lowest BCUT2D eigenvalue weighted by Crippen LogP contribution is -2.17. The van der Waals surface area contributed by atoms with E-state index in [-0.39, 0.29) is 68.0 Å². The van der Waals surface area contributed by atoms with Gasteiger partial charge in [0.1, 0.15) is 13.2 Å². The molecule has 2 N–H and O–H groups in total. The van der Waals surface area contributed by atoms with Gasteiger partial charge in [0, 0.05) is 11.1 Å². The third kappa shape index (κ3) is 23.3. The van der Waals surface area contributed by atoms with Crippen LogP contribution in [-0.2, 0) is 47.4 Å². The molecule has 0 heterocycles.